The van der Waals surface area contributed by atoms with Crippen molar-refractivity contribution < 1.29 is 14.3 Å². The lowest BCUT2D eigenvalue weighted by Crippen LogP contribution is -2.32. The number of methoxy groups -OCH3 is 1. The summed E-state index contributed by atoms with van der Waals surface area (Å²) in [6.45, 7) is 1.74. The number of hydrogen-bond acceptors (Lipinski definition) is 5. The molecule has 0 amide bonds. The van der Waals surface area contributed by atoms with E-state index in [0.29, 0.717) is 41.2 Å². The molecule has 1 aliphatic rings. The van der Waals surface area contributed by atoms with E-state index in [0.717, 1.165) is 23.9 Å². The van der Waals surface area contributed by atoms with Gasteiger partial charge in [-0.3, -0.25) is 13.9 Å². The van der Waals surface area contributed by atoms with Crippen molar-refractivity contribution in [3.05, 3.63) is 63.0 Å². The van der Waals surface area contributed by atoms with Crippen LogP contribution in [0.3, 0.4) is 0 Å². The maximum absolute atomic E-state index is 13.6. The van der Waals surface area contributed by atoms with E-state index in [2.05, 4.69) is 6.07 Å². The van der Waals surface area contributed by atoms with Crippen molar-refractivity contribution in [1.29, 1.82) is 5.26 Å². The average Bonchev–Trinajstić information content (AvgIpc) is 3.05. The van der Waals surface area contributed by atoms with E-state index in [1.807, 2.05) is 16.7 Å². The van der Waals surface area contributed by atoms with Gasteiger partial charge in [-0.15, -0.1) is 0 Å². The van der Waals surface area contributed by atoms with Gasteiger partial charge in [0.05, 0.1) is 41.3 Å². The summed E-state index contributed by atoms with van der Waals surface area (Å²) in [6, 6.07) is 12.9. The minimum Gasteiger partial charge on any atom is -0.495 e. The summed E-state index contributed by atoms with van der Waals surface area (Å²) in [5, 5.41) is 9.86. The molecule has 7 nitrogen and oxygen atoms in total. The highest BCUT2D eigenvalue weighted by Gasteiger charge is 2.28. The number of nitrogens with zero attached hydrogens (tertiary/aromatic N) is 3. The zero-order chi connectivity index (χ0) is 22.8. The normalized spacial score (nSPS) is 18.3. The zero-order valence-corrected chi connectivity index (χ0v) is 18.8. The fourth-order valence-electron chi connectivity index (χ4n) is 4.50. The maximum Gasteiger partial charge on any atom is 0.329 e. The van der Waals surface area contributed by atoms with Gasteiger partial charge in [0.1, 0.15) is 11.9 Å². The van der Waals surface area contributed by atoms with Crippen molar-refractivity contribution in [2.24, 2.45) is 0 Å². The number of fused-ring (bicyclic) bond motifs is 1. The van der Waals surface area contributed by atoms with E-state index in [1.165, 1.54) is 6.92 Å². The van der Waals surface area contributed by atoms with Crippen LogP contribution in [0.2, 0.25) is 5.02 Å². The Bertz CT molecular complexity index is 1260. The Morgan fingerprint density at radius 1 is 1.16 bits per heavy atom. The van der Waals surface area contributed by atoms with Crippen LogP contribution in [0.4, 0.5) is 0 Å². The SMILES string of the molecule is COc1ccc(Cn2c(=O)n(C3CCC(OC(C)=O)CC3)c3ccc(C#N)cc32)cc1Cl. The Kier molecular flexibility index (Phi) is 6.24. The van der Waals surface area contributed by atoms with Gasteiger partial charge in [-0.05, 0) is 61.6 Å². The molecule has 1 heterocycles. The first-order chi connectivity index (χ1) is 15.4. The number of rotatable bonds is 5. The number of ether oxygens (including phenoxy) is 2. The van der Waals surface area contributed by atoms with Gasteiger partial charge in [0, 0.05) is 13.0 Å². The second kappa shape index (κ2) is 9.09. The summed E-state index contributed by atoms with van der Waals surface area (Å²) in [5.41, 5.74) is 2.73. The molecule has 1 aliphatic carbocycles. The van der Waals surface area contributed by atoms with Gasteiger partial charge < -0.3 is 9.47 Å². The number of halogens is 1. The summed E-state index contributed by atoms with van der Waals surface area (Å²) in [5.74, 6) is 0.297. The number of benzene rings is 2. The maximum atomic E-state index is 13.6. The molecule has 0 bridgehead atoms. The van der Waals surface area contributed by atoms with Gasteiger partial charge in [0.15, 0.2) is 0 Å². The standard InChI is InChI=1S/C24H24ClN3O4/c1-15(29)32-19-7-5-18(6-8-19)28-21-9-3-16(13-26)12-22(21)27(24(28)30)14-17-4-10-23(31-2)20(25)11-17/h3-4,9-12,18-19H,5-8,14H2,1-2H3. The molecule has 0 saturated heterocycles. The van der Waals surface area contributed by atoms with Crippen LogP contribution in [0.1, 0.15) is 49.8 Å². The van der Waals surface area contributed by atoms with Crippen molar-refractivity contribution in [1.82, 2.24) is 9.13 Å². The third kappa shape index (κ3) is 4.23. The highest BCUT2D eigenvalue weighted by Crippen LogP contribution is 2.32. The number of hydrogen-bond donors (Lipinski definition) is 0. The average molecular weight is 454 g/mol. The Morgan fingerprint density at radius 3 is 2.53 bits per heavy atom. The van der Waals surface area contributed by atoms with Crippen LogP contribution in [-0.2, 0) is 16.1 Å². The number of imidazole rings is 1. The first-order valence-corrected chi connectivity index (χ1v) is 10.9. The zero-order valence-electron chi connectivity index (χ0n) is 18.0. The second-order valence-electron chi connectivity index (χ2n) is 8.06. The first-order valence-electron chi connectivity index (χ1n) is 10.6. The number of esters is 1. The topological polar surface area (TPSA) is 86.2 Å². The second-order valence-corrected chi connectivity index (χ2v) is 8.47. The molecule has 166 valence electrons. The van der Waals surface area contributed by atoms with Gasteiger partial charge >= 0.3 is 11.7 Å². The summed E-state index contributed by atoms with van der Waals surface area (Å²) < 4.78 is 14.1. The molecule has 1 saturated carbocycles. The molecule has 2 aromatic carbocycles. The molecule has 3 aromatic rings. The number of carbonyl (C=O) groups excluding carboxylic acids is 1. The van der Waals surface area contributed by atoms with Gasteiger partial charge in [-0.1, -0.05) is 17.7 Å². The summed E-state index contributed by atoms with van der Waals surface area (Å²) in [7, 11) is 1.55. The molecule has 0 aliphatic heterocycles. The predicted molar refractivity (Wildman–Crippen MR) is 121 cm³/mol. The van der Waals surface area contributed by atoms with Gasteiger partial charge in [0.25, 0.3) is 0 Å². The lowest BCUT2D eigenvalue weighted by molar-refractivity contribution is -0.148. The lowest BCUT2D eigenvalue weighted by atomic mass is 9.92. The van der Waals surface area contributed by atoms with Crippen molar-refractivity contribution in [2.45, 2.75) is 51.3 Å². The van der Waals surface area contributed by atoms with Gasteiger partial charge in [-0.25, -0.2) is 4.79 Å². The fourth-order valence-corrected chi connectivity index (χ4v) is 4.78. The van der Waals surface area contributed by atoms with E-state index < -0.39 is 0 Å². The van der Waals surface area contributed by atoms with Crippen molar-refractivity contribution >= 4 is 28.6 Å². The monoisotopic (exact) mass is 453 g/mol. The van der Waals surface area contributed by atoms with E-state index in [-0.39, 0.29) is 23.8 Å². The van der Waals surface area contributed by atoms with Crippen molar-refractivity contribution in [3.63, 3.8) is 0 Å². The Labute approximate surface area is 190 Å². The summed E-state index contributed by atoms with van der Waals surface area (Å²) in [4.78, 5) is 24.8. The highest BCUT2D eigenvalue weighted by atomic mass is 35.5. The van der Waals surface area contributed by atoms with Crippen LogP contribution >= 0.6 is 11.6 Å². The largest absolute Gasteiger partial charge is 0.495 e. The predicted octanol–water partition coefficient (Wildman–Crippen LogP) is 4.43. The molecular formula is C24H24ClN3O4. The van der Waals surface area contributed by atoms with Crippen molar-refractivity contribution in [2.75, 3.05) is 7.11 Å². The molecule has 0 radical (unpaired) electrons. The van der Waals surface area contributed by atoms with Crippen LogP contribution in [0.5, 0.6) is 5.75 Å². The van der Waals surface area contributed by atoms with Gasteiger partial charge in [0.2, 0.25) is 0 Å². The molecule has 0 atom stereocenters. The third-order valence-electron chi connectivity index (χ3n) is 5.99. The smallest absolute Gasteiger partial charge is 0.329 e. The number of aromatic nitrogens is 2. The lowest BCUT2D eigenvalue weighted by Gasteiger charge is -2.28. The molecule has 0 spiro atoms. The molecule has 4 rings (SSSR count). The fraction of sp³-hybridized carbons (Fsp3) is 0.375. The van der Waals surface area contributed by atoms with Crippen LogP contribution in [0, 0.1) is 11.3 Å². The minimum absolute atomic E-state index is 0.00505. The Balaban J connectivity index is 1.73. The molecule has 32 heavy (non-hydrogen) atoms. The van der Waals surface area contributed by atoms with Crippen LogP contribution in [-0.4, -0.2) is 28.3 Å². The quantitative estimate of drug-likeness (QED) is 0.533. The Morgan fingerprint density at radius 2 is 1.91 bits per heavy atom. The van der Waals surface area contributed by atoms with Gasteiger partial charge in [-0.2, -0.15) is 5.26 Å². The third-order valence-corrected chi connectivity index (χ3v) is 6.29. The van der Waals surface area contributed by atoms with Crippen LogP contribution in [0.15, 0.2) is 41.2 Å². The van der Waals surface area contributed by atoms with E-state index in [1.54, 1.807) is 35.9 Å². The molecule has 0 unspecified atom stereocenters. The Hall–Kier alpha value is -3.24. The summed E-state index contributed by atoms with van der Waals surface area (Å²) in [6.07, 6.45) is 2.82. The van der Waals surface area contributed by atoms with Crippen molar-refractivity contribution in [3.8, 4) is 11.8 Å². The van der Waals surface area contributed by atoms with E-state index >= 15 is 0 Å². The number of nitriles is 1. The molecule has 8 heteroatoms. The van der Waals surface area contributed by atoms with E-state index in [4.69, 9.17) is 21.1 Å². The molecule has 0 N–H and O–H groups in total. The van der Waals surface area contributed by atoms with E-state index in [9.17, 15) is 14.9 Å². The van der Waals surface area contributed by atoms with Crippen LogP contribution < -0.4 is 10.4 Å². The highest BCUT2D eigenvalue weighted by molar-refractivity contribution is 6.32. The van der Waals surface area contributed by atoms with Crippen LogP contribution in [0.25, 0.3) is 11.0 Å². The molecule has 1 fully saturated rings. The summed E-state index contributed by atoms with van der Waals surface area (Å²) >= 11 is 6.28. The molecule has 1 aromatic heterocycles. The first kappa shape index (κ1) is 22.0. The minimum atomic E-state index is -0.274. The number of carbonyl (C=O) groups is 1. The molecular weight excluding hydrogens is 430 g/mol.